The van der Waals surface area contributed by atoms with Crippen molar-refractivity contribution in [3.63, 3.8) is 0 Å². The van der Waals surface area contributed by atoms with Crippen LogP contribution in [0.4, 0.5) is 4.39 Å². The molecule has 0 bridgehead atoms. The first-order chi connectivity index (χ1) is 11.5. The average Bonchev–Trinajstić information content (AvgIpc) is 2.57. The highest BCUT2D eigenvalue weighted by Gasteiger charge is 2.03. The number of nitrogens with one attached hydrogen (secondary N) is 1. The lowest BCUT2D eigenvalue weighted by Gasteiger charge is -2.08. The molecule has 0 aliphatic rings. The van der Waals surface area contributed by atoms with Crippen LogP contribution < -0.4 is 10.1 Å². The Morgan fingerprint density at radius 1 is 1.12 bits per heavy atom. The van der Waals surface area contributed by atoms with E-state index in [0.29, 0.717) is 22.3 Å². The molecule has 2 aromatic rings. The Labute approximate surface area is 154 Å². The molecule has 1 N–H and O–H groups in total. The molecule has 2 aromatic carbocycles. The van der Waals surface area contributed by atoms with Gasteiger partial charge in [0, 0.05) is 18.1 Å². The number of hydrogen-bond acceptors (Lipinski definition) is 3. The van der Waals surface area contributed by atoms with Gasteiger partial charge in [0.05, 0.1) is 10.0 Å². The number of benzene rings is 2. The molecule has 0 radical (unpaired) electrons. The molecule has 0 spiro atoms. The fourth-order valence-corrected chi connectivity index (χ4v) is 2.94. The number of halogens is 3. The maximum Gasteiger partial charge on any atom is 0.257 e. The summed E-state index contributed by atoms with van der Waals surface area (Å²) in [5.74, 6) is 1.46. The van der Waals surface area contributed by atoms with E-state index < -0.39 is 0 Å². The van der Waals surface area contributed by atoms with Crippen molar-refractivity contribution >= 4 is 40.9 Å². The summed E-state index contributed by atoms with van der Waals surface area (Å²) < 4.78 is 18.0. The zero-order valence-electron chi connectivity index (χ0n) is 12.7. The van der Waals surface area contributed by atoms with Gasteiger partial charge < -0.3 is 10.1 Å². The average molecular weight is 388 g/mol. The van der Waals surface area contributed by atoms with Crippen molar-refractivity contribution in [2.45, 2.75) is 5.75 Å². The molecule has 0 heterocycles. The predicted molar refractivity (Wildman–Crippen MR) is 97.5 cm³/mol. The van der Waals surface area contributed by atoms with E-state index in [-0.39, 0.29) is 18.3 Å². The molecule has 7 heteroatoms. The van der Waals surface area contributed by atoms with Crippen LogP contribution >= 0.6 is 35.0 Å². The summed E-state index contributed by atoms with van der Waals surface area (Å²) >= 11 is 13.5. The standard InChI is InChI=1S/C17H16Cl2FNO2S/c18-15-6-1-12(9-16(15)19)11-24-8-7-21-17(22)10-23-14-4-2-13(20)3-5-14/h1-6,9H,7-8,10-11H2,(H,21,22). The number of carbonyl (C=O) groups excluding carboxylic acids is 1. The molecule has 0 fully saturated rings. The Kier molecular flexibility index (Phi) is 7.69. The van der Waals surface area contributed by atoms with Crippen LogP contribution in [0.3, 0.4) is 0 Å². The lowest BCUT2D eigenvalue weighted by molar-refractivity contribution is -0.122. The van der Waals surface area contributed by atoms with Crippen LogP contribution in [0.5, 0.6) is 5.75 Å². The Balaban J connectivity index is 1.59. The van der Waals surface area contributed by atoms with Crippen molar-refractivity contribution in [1.82, 2.24) is 5.32 Å². The van der Waals surface area contributed by atoms with Gasteiger partial charge in [-0.3, -0.25) is 4.79 Å². The molecule has 0 saturated heterocycles. The monoisotopic (exact) mass is 387 g/mol. The maximum absolute atomic E-state index is 12.7. The number of hydrogen-bond donors (Lipinski definition) is 1. The quantitative estimate of drug-likeness (QED) is 0.674. The molecule has 24 heavy (non-hydrogen) atoms. The summed E-state index contributed by atoms with van der Waals surface area (Å²) in [4.78, 5) is 11.6. The zero-order valence-corrected chi connectivity index (χ0v) is 15.1. The van der Waals surface area contributed by atoms with Crippen molar-refractivity contribution in [3.05, 3.63) is 63.9 Å². The number of rotatable bonds is 8. The van der Waals surface area contributed by atoms with Gasteiger partial charge in [-0.2, -0.15) is 11.8 Å². The number of thioether (sulfide) groups is 1. The molecule has 3 nitrogen and oxygen atoms in total. The fourth-order valence-electron chi connectivity index (χ4n) is 1.81. The van der Waals surface area contributed by atoms with Gasteiger partial charge in [-0.15, -0.1) is 0 Å². The normalized spacial score (nSPS) is 10.5. The summed E-state index contributed by atoms with van der Waals surface area (Å²) in [6.07, 6.45) is 0. The van der Waals surface area contributed by atoms with E-state index >= 15 is 0 Å². The molecule has 1 amide bonds. The smallest absolute Gasteiger partial charge is 0.257 e. The molecule has 2 rings (SSSR count). The van der Waals surface area contributed by atoms with Crippen LogP contribution in [-0.4, -0.2) is 24.8 Å². The lowest BCUT2D eigenvalue weighted by atomic mass is 10.2. The van der Waals surface area contributed by atoms with Gasteiger partial charge in [0.25, 0.3) is 5.91 Å². The molecule has 0 aliphatic carbocycles. The van der Waals surface area contributed by atoms with Crippen LogP contribution in [0.25, 0.3) is 0 Å². The molecule has 0 aromatic heterocycles. The highest BCUT2D eigenvalue weighted by atomic mass is 35.5. The lowest BCUT2D eigenvalue weighted by Crippen LogP contribution is -2.30. The highest BCUT2D eigenvalue weighted by Crippen LogP contribution is 2.24. The van der Waals surface area contributed by atoms with E-state index in [1.54, 1.807) is 17.8 Å². The second kappa shape index (κ2) is 9.77. The summed E-state index contributed by atoms with van der Waals surface area (Å²) in [5.41, 5.74) is 1.08. The van der Waals surface area contributed by atoms with E-state index in [4.69, 9.17) is 27.9 Å². The molecule has 0 aliphatic heterocycles. The minimum Gasteiger partial charge on any atom is -0.484 e. The van der Waals surface area contributed by atoms with Crippen LogP contribution in [0.15, 0.2) is 42.5 Å². The molecule has 0 unspecified atom stereocenters. The summed E-state index contributed by atoms with van der Waals surface area (Å²) in [6, 6.07) is 11.1. The Bertz CT molecular complexity index is 683. The van der Waals surface area contributed by atoms with Crippen molar-refractivity contribution in [2.24, 2.45) is 0 Å². The Hall–Kier alpha value is -1.43. The third kappa shape index (κ3) is 6.59. The van der Waals surface area contributed by atoms with Gasteiger partial charge in [0.15, 0.2) is 6.61 Å². The predicted octanol–water partition coefficient (Wildman–Crippen LogP) is 4.56. The van der Waals surface area contributed by atoms with Gasteiger partial charge in [-0.1, -0.05) is 29.3 Å². The Morgan fingerprint density at radius 2 is 1.88 bits per heavy atom. The fraction of sp³-hybridized carbons (Fsp3) is 0.235. The topological polar surface area (TPSA) is 38.3 Å². The van der Waals surface area contributed by atoms with Crippen molar-refractivity contribution in [1.29, 1.82) is 0 Å². The summed E-state index contributed by atoms with van der Waals surface area (Å²) in [5, 5.41) is 3.85. The first-order valence-electron chi connectivity index (χ1n) is 7.21. The van der Waals surface area contributed by atoms with Crippen LogP contribution in [0, 0.1) is 5.82 Å². The van der Waals surface area contributed by atoms with Crippen molar-refractivity contribution in [2.75, 3.05) is 18.9 Å². The largest absolute Gasteiger partial charge is 0.484 e. The second-order valence-corrected chi connectivity index (χ2v) is 6.81. The van der Waals surface area contributed by atoms with E-state index in [1.165, 1.54) is 24.3 Å². The minimum absolute atomic E-state index is 0.0942. The van der Waals surface area contributed by atoms with Gasteiger partial charge in [-0.25, -0.2) is 4.39 Å². The summed E-state index contributed by atoms with van der Waals surface area (Å²) in [7, 11) is 0. The van der Waals surface area contributed by atoms with Gasteiger partial charge in [0.2, 0.25) is 0 Å². The van der Waals surface area contributed by atoms with E-state index in [1.807, 2.05) is 12.1 Å². The van der Waals surface area contributed by atoms with E-state index in [2.05, 4.69) is 5.32 Å². The number of carbonyl (C=O) groups is 1. The van der Waals surface area contributed by atoms with Gasteiger partial charge in [0.1, 0.15) is 11.6 Å². The van der Waals surface area contributed by atoms with Gasteiger partial charge >= 0.3 is 0 Å². The third-order valence-electron chi connectivity index (χ3n) is 3.00. The summed E-state index contributed by atoms with van der Waals surface area (Å²) in [6.45, 7) is 0.445. The second-order valence-electron chi connectivity index (χ2n) is 4.89. The third-order valence-corrected chi connectivity index (χ3v) is 4.77. The molecule has 0 saturated carbocycles. The highest BCUT2D eigenvalue weighted by molar-refractivity contribution is 7.98. The van der Waals surface area contributed by atoms with Crippen LogP contribution in [-0.2, 0) is 10.5 Å². The van der Waals surface area contributed by atoms with Gasteiger partial charge in [-0.05, 0) is 42.0 Å². The van der Waals surface area contributed by atoms with Crippen molar-refractivity contribution < 1.29 is 13.9 Å². The Morgan fingerprint density at radius 3 is 2.58 bits per heavy atom. The number of ether oxygens (including phenoxy) is 1. The number of amides is 1. The maximum atomic E-state index is 12.7. The first-order valence-corrected chi connectivity index (χ1v) is 9.12. The van der Waals surface area contributed by atoms with E-state index in [9.17, 15) is 9.18 Å². The van der Waals surface area contributed by atoms with Crippen LogP contribution in [0.1, 0.15) is 5.56 Å². The minimum atomic E-state index is -0.342. The molecule has 128 valence electrons. The molecular weight excluding hydrogens is 372 g/mol. The van der Waals surface area contributed by atoms with Crippen LogP contribution in [0.2, 0.25) is 10.0 Å². The molecular formula is C17H16Cl2FNO2S. The zero-order chi connectivity index (χ0) is 17.4. The first kappa shape index (κ1) is 18.9. The van der Waals surface area contributed by atoms with E-state index in [0.717, 1.165) is 17.1 Å². The molecule has 0 atom stereocenters. The SMILES string of the molecule is O=C(COc1ccc(F)cc1)NCCSCc1ccc(Cl)c(Cl)c1. The van der Waals surface area contributed by atoms with Crippen molar-refractivity contribution in [3.8, 4) is 5.75 Å².